The van der Waals surface area contributed by atoms with E-state index in [1.807, 2.05) is 20.8 Å². The van der Waals surface area contributed by atoms with Crippen LogP contribution in [-0.4, -0.2) is 40.9 Å². The van der Waals surface area contributed by atoms with Crippen LogP contribution in [0.3, 0.4) is 0 Å². The first-order chi connectivity index (χ1) is 8.70. The molecule has 6 nitrogen and oxygen atoms in total. The molecule has 108 valence electrons. The standard InChI is InChI=1S/C13H23N3O3/c1-9(17)15-11(14)10-7-5-6-8-16(10)12(18)19-13(2,3)4/h10H,5-8H2,1-4H3,(H2,14,15,17). The average Bonchev–Trinajstić information content (AvgIpc) is 2.25. The third-order valence-corrected chi connectivity index (χ3v) is 2.76. The monoisotopic (exact) mass is 269 g/mol. The van der Waals surface area contributed by atoms with E-state index in [1.54, 1.807) is 4.90 Å². The van der Waals surface area contributed by atoms with Crippen molar-refractivity contribution < 1.29 is 14.3 Å². The molecule has 2 N–H and O–H groups in total. The second kappa shape index (κ2) is 6.04. The molecule has 0 bridgehead atoms. The van der Waals surface area contributed by atoms with Crippen LogP contribution in [0, 0.1) is 0 Å². The molecule has 0 aromatic carbocycles. The second-order valence-electron chi connectivity index (χ2n) is 5.74. The number of likely N-dealkylation sites (tertiary alicyclic amines) is 1. The molecule has 0 aromatic heterocycles. The molecule has 0 spiro atoms. The summed E-state index contributed by atoms with van der Waals surface area (Å²) in [5, 5.41) is 0. The Morgan fingerprint density at radius 1 is 1.32 bits per heavy atom. The molecular weight excluding hydrogens is 246 g/mol. The van der Waals surface area contributed by atoms with Gasteiger partial charge in [0.15, 0.2) is 0 Å². The Hall–Kier alpha value is -1.59. The summed E-state index contributed by atoms with van der Waals surface area (Å²) in [6, 6.07) is -0.340. The van der Waals surface area contributed by atoms with Gasteiger partial charge in [0.1, 0.15) is 11.4 Å². The molecular formula is C13H23N3O3. The minimum absolute atomic E-state index is 0.193. The molecule has 0 aliphatic carbocycles. The number of amides is 2. The van der Waals surface area contributed by atoms with Gasteiger partial charge in [-0.1, -0.05) is 0 Å². The lowest BCUT2D eigenvalue weighted by molar-refractivity contribution is -0.115. The summed E-state index contributed by atoms with van der Waals surface area (Å²) in [7, 11) is 0. The molecule has 1 unspecified atom stereocenters. The van der Waals surface area contributed by atoms with Crippen LogP contribution in [-0.2, 0) is 9.53 Å². The van der Waals surface area contributed by atoms with Crippen molar-refractivity contribution >= 4 is 17.8 Å². The van der Waals surface area contributed by atoms with Crippen LogP contribution < -0.4 is 5.73 Å². The number of hydrogen-bond donors (Lipinski definition) is 1. The van der Waals surface area contributed by atoms with Gasteiger partial charge < -0.3 is 10.5 Å². The molecule has 1 saturated heterocycles. The summed E-state index contributed by atoms with van der Waals surface area (Å²) in [5.74, 6) is -0.162. The Bertz CT molecular complexity index is 385. The third-order valence-electron chi connectivity index (χ3n) is 2.76. The van der Waals surface area contributed by atoms with E-state index >= 15 is 0 Å². The predicted octanol–water partition coefficient (Wildman–Crippen LogP) is 1.68. The number of carbonyl (C=O) groups is 2. The summed E-state index contributed by atoms with van der Waals surface area (Å²) in [5.41, 5.74) is 5.27. The third kappa shape index (κ3) is 4.89. The molecule has 1 atom stereocenters. The number of nitrogens with zero attached hydrogens (tertiary/aromatic N) is 2. The van der Waals surface area contributed by atoms with E-state index in [4.69, 9.17) is 10.5 Å². The first-order valence-corrected chi connectivity index (χ1v) is 6.55. The highest BCUT2D eigenvalue weighted by atomic mass is 16.6. The Balaban J connectivity index is 2.83. The number of rotatable bonds is 1. The van der Waals surface area contributed by atoms with Gasteiger partial charge in [-0.2, -0.15) is 4.99 Å². The zero-order valence-corrected chi connectivity index (χ0v) is 12.1. The molecule has 0 aromatic rings. The van der Waals surface area contributed by atoms with Crippen molar-refractivity contribution in [3.63, 3.8) is 0 Å². The van der Waals surface area contributed by atoms with Gasteiger partial charge in [0.2, 0.25) is 5.91 Å². The molecule has 1 aliphatic rings. The van der Waals surface area contributed by atoms with Gasteiger partial charge >= 0.3 is 6.09 Å². The van der Waals surface area contributed by atoms with Crippen LogP contribution in [0.1, 0.15) is 47.0 Å². The lowest BCUT2D eigenvalue weighted by Gasteiger charge is -2.36. The van der Waals surface area contributed by atoms with Crippen LogP contribution >= 0.6 is 0 Å². The maximum atomic E-state index is 12.1. The Morgan fingerprint density at radius 2 is 1.95 bits per heavy atom. The van der Waals surface area contributed by atoms with E-state index in [2.05, 4.69) is 4.99 Å². The summed E-state index contributed by atoms with van der Waals surface area (Å²) < 4.78 is 5.35. The van der Waals surface area contributed by atoms with Crippen molar-refractivity contribution in [3.05, 3.63) is 0 Å². The SMILES string of the molecule is CC(=O)N=C(N)C1CCCCN1C(=O)OC(C)(C)C. The normalized spacial score (nSPS) is 21.2. The molecule has 19 heavy (non-hydrogen) atoms. The zero-order chi connectivity index (χ0) is 14.6. The van der Waals surface area contributed by atoms with Crippen LogP contribution in [0.25, 0.3) is 0 Å². The fraction of sp³-hybridized carbons (Fsp3) is 0.769. The van der Waals surface area contributed by atoms with E-state index in [0.29, 0.717) is 13.0 Å². The van der Waals surface area contributed by atoms with E-state index in [0.717, 1.165) is 12.8 Å². The molecule has 2 amide bonds. The van der Waals surface area contributed by atoms with Gasteiger partial charge in [0.25, 0.3) is 0 Å². The number of piperidine rings is 1. The van der Waals surface area contributed by atoms with Crippen molar-refractivity contribution in [2.75, 3.05) is 6.54 Å². The Kier molecular flexibility index (Phi) is 4.91. The van der Waals surface area contributed by atoms with Gasteiger partial charge in [0.05, 0.1) is 6.04 Å². The van der Waals surface area contributed by atoms with Crippen LogP contribution in [0.5, 0.6) is 0 Å². The smallest absolute Gasteiger partial charge is 0.410 e. The van der Waals surface area contributed by atoms with Crippen LogP contribution in [0.4, 0.5) is 4.79 Å². The lowest BCUT2D eigenvalue weighted by Crippen LogP contribution is -2.52. The molecule has 0 saturated carbocycles. The predicted molar refractivity (Wildman–Crippen MR) is 72.9 cm³/mol. The number of aliphatic imine (C=N–C) groups is 1. The average molecular weight is 269 g/mol. The van der Waals surface area contributed by atoms with Gasteiger partial charge in [-0.15, -0.1) is 0 Å². The molecule has 6 heteroatoms. The maximum Gasteiger partial charge on any atom is 0.410 e. The number of ether oxygens (including phenoxy) is 1. The highest BCUT2D eigenvalue weighted by Crippen LogP contribution is 2.20. The summed E-state index contributed by atoms with van der Waals surface area (Å²) >= 11 is 0. The molecule has 1 fully saturated rings. The van der Waals surface area contributed by atoms with Gasteiger partial charge in [-0.3, -0.25) is 9.69 Å². The minimum atomic E-state index is -0.550. The summed E-state index contributed by atoms with van der Waals surface area (Å²) in [6.45, 7) is 7.37. The molecule has 1 heterocycles. The summed E-state index contributed by atoms with van der Waals surface area (Å²) in [4.78, 5) is 28.4. The second-order valence-corrected chi connectivity index (χ2v) is 5.74. The maximum absolute atomic E-state index is 12.1. The van der Waals surface area contributed by atoms with E-state index in [9.17, 15) is 9.59 Å². The van der Waals surface area contributed by atoms with E-state index < -0.39 is 11.7 Å². The Morgan fingerprint density at radius 3 is 2.47 bits per heavy atom. The van der Waals surface area contributed by atoms with Crippen molar-refractivity contribution in [1.82, 2.24) is 4.90 Å². The highest BCUT2D eigenvalue weighted by Gasteiger charge is 2.32. The van der Waals surface area contributed by atoms with Crippen LogP contribution in [0.15, 0.2) is 4.99 Å². The van der Waals surface area contributed by atoms with Crippen molar-refractivity contribution in [3.8, 4) is 0 Å². The van der Waals surface area contributed by atoms with Crippen molar-refractivity contribution in [2.24, 2.45) is 10.7 Å². The number of carbonyl (C=O) groups excluding carboxylic acids is 2. The number of hydrogen-bond acceptors (Lipinski definition) is 3. The fourth-order valence-electron chi connectivity index (χ4n) is 2.03. The first-order valence-electron chi connectivity index (χ1n) is 6.55. The van der Waals surface area contributed by atoms with Crippen LogP contribution in [0.2, 0.25) is 0 Å². The number of nitrogens with two attached hydrogens (primary N) is 1. The quantitative estimate of drug-likeness (QED) is 0.579. The number of amidine groups is 1. The fourth-order valence-corrected chi connectivity index (χ4v) is 2.03. The first kappa shape index (κ1) is 15.5. The van der Waals surface area contributed by atoms with Gasteiger partial charge in [-0.05, 0) is 40.0 Å². The zero-order valence-electron chi connectivity index (χ0n) is 12.1. The molecule has 1 aliphatic heterocycles. The Labute approximate surface area is 114 Å². The largest absolute Gasteiger partial charge is 0.444 e. The van der Waals surface area contributed by atoms with Gasteiger partial charge in [0, 0.05) is 13.5 Å². The topological polar surface area (TPSA) is 85.0 Å². The minimum Gasteiger partial charge on any atom is -0.444 e. The van der Waals surface area contributed by atoms with E-state index in [-0.39, 0.29) is 17.8 Å². The van der Waals surface area contributed by atoms with Crippen molar-refractivity contribution in [2.45, 2.75) is 58.6 Å². The molecule has 1 rings (SSSR count). The molecule has 0 radical (unpaired) electrons. The summed E-state index contributed by atoms with van der Waals surface area (Å²) in [6.07, 6.45) is 2.17. The highest BCUT2D eigenvalue weighted by molar-refractivity contribution is 5.97. The van der Waals surface area contributed by atoms with Crippen molar-refractivity contribution in [1.29, 1.82) is 0 Å². The van der Waals surface area contributed by atoms with Gasteiger partial charge in [-0.25, -0.2) is 4.79 Å². The lowest BCUT2D eigenvalue weighted by atomic mass is 10.0. The van der Waals surface area contributed by atoms with E-state index in [1.165, 1.54) is 6.92 Å².